The lowest BCUT2D eigenvalue weighted by Gasteiger charge is -2.23. The minimum absolute atomic E-state index is 0.463. The van der Waals surface area contributed by atoms with Crippen molar-refractivity contribution < 1.29 is 4.39 Å². The Morgan fingerprint density at radius 2 is 1.56 bits per heavy atom. The van der Waals surface area contributed by atoms with Crippen molar-refractivity contribution in [2.75, 3.05) is 23.3 Å². The number of allylic oxidation sites excluding steroid dienone is 4. The average molecular weight is 559 g/mol. The van der Waals surface area contributed by atoms with Gasteiger partial charge < -0.3 is 10.2 Å². The van der Waals surface area contributed by atoms with Crippen molar-refractivity contribution in [1.82, 2.24) is 9.97 Å². The van der Waals surface area contributed by atoms with Crippen molar-refractivity contribution >= 4 is 11.5 Å². The third kappa shape index (κ3) is 11.9. The summed E-state index contributed by atoms with van der Waals surface area (Å²) in [5.41, 5.74) is 6.82. The number of benzene rings is 1. The Labute approximate surface area is 248 Å². The molecular weight excluding hydrogens is 507 g/mol. The number of hydrogen-bond acceptors (Lipinski definition) is 4. The molecule has 3 aromatic rings. The summed E-state index contributed by atoms with van der Waals surface area (Å²) >= 11 is 0. The maximum atomic E-state index is 13.4. The van der Waals surface area contributed by atoms with E-state index >= 15 is 0 Å². The van der Waals surface area contributed by atoms with Gasteiger partial charge in [-0.25, -0.2) is 9.97 Å². The van der Waals surface area contributed by atoms with Gasteiger partial charge in [0.15, 0.2) is 0 Å². The van der Waals surface area contributed by atoms with Crippen molar-refractivity contribution in [3.8, 4) is 11.1 Å². The SMILES string of the molecule is CC/C=C(/Cc1ccc(-c2ccnc(F)c2)cc1)Nc1ccc(N(CCC)CCC)cn1.CC/C=C(\C)C(C)CC. The number of nitrogens with zero attached hydrogens (tertiary/aromatic N) is 3. The molecule has 0 spiro atoms. The van der Waals surface area contributed by atoms with Crippen LogP contribution >= 0.6 is 0 Å². The largest absolute Gasteiger partial charge is 0.370 e. The molecule has 1 atom stereocenters. The molecule has 1 aromatic carbocycles. The summed E-state index contributed by atoms with van der Waals surface area (Å²) in [5.74, 6) is 1.17. The smallest absolute Gasteiger partial charge is 0.213 e. The van der Waals surface area contributed by atoms with E-state index in [0.29, 0.717) is 0 Å². The maximum absolute atomic E-state index is 13.4. The predicted molar refractivity (Wildman–Crippen MR) is 176 cm³/mol. The summed E-state index contributed by atoms with van der Waals surface area (Å²) in [7, 11) is 0. The van der Waals surface area contributed by atoms with Gasteiger partial charge in [0.25, 0.3) is 0 Å². The molecule has 0 bridgehead atoms. The number of pyridine rings is 2. The van der Waals surface area contributed by atoms with Crippen LogP contribution in [0.4, 0.5) is 15.9 Å². The zero-order chi connectivity index (χ0) is 30.0. The topological polar surface area (TPSA) is 41.1 Å². The number of anilines is 2. The van der Waals surface area contributed by atoms with Crippen LogP contribution in [-0.2, 0) is 6.42 Å². The Hall–Kier alpha value is -3.47. The van der Waals surface area contributed by atoms with E-state index in [1.807, 2.05) is 24.4 Å². The van der Waals surface area contributed by atoms with Gasteiger partial charge in [0, 0.05) is 37.5 Å². The van der Waals surface area contributed by atoms with Gasteiger partial charge in [-0.3, -0.25) is 0 Å². The van der Waals surface area contributed by atoms with Gasteiger partial charge in [-0.05, 0) is 79.8 Å². The van der Waals surface area contributed by atoms with E-state index in [0.717, 1.165) is 67.3 Å². The molecule has 1 unspecified atom stereocenters. The summed E-state index contributed by atoms with van der Waals surface area (Å²) in [6, 6.07) is 15.7. The first-order valence-corrected chi connectivity index (χ1v) is 15.4. The zero-order valence-corrected chi connectivity index (χ0v) is 26.4. The number of halogens is 1. The van der Waals surface area contributed by atoms with Gasteiger partial charge in [0.1, 0.15) is 5.82 Å². The zero-order valence-electron chi connectivity index (χ0n) is 26.4. The third-order valence-electron chi connectivity index (χ3n) is 7.16. The van der Waals surface area contributed by atoms with Crippen LogP contribution in [0.25, 0.3) is 11.1 Å². The highest BCUT2D eigenvalue weighted by molar-refractivity contribution is 5.63. The summed E-state index contributed by atoms with van der Waals surface area (Å²) in [4.78, 5) is 10.7. The maximum Gasteiger partial charge on any atom is 0.213 e. The monoisotopic (exact) mass is 558 g/mol. The minimum atomic E-state index is -0.463. The molecule has 0 aliphatic carbocycles. The fourth-order valence-corrected chi connectivity index (χ4v) is 4.60. The summed E-state index contributed by atoms with van der Waals surface area (Å²) in [6.07, 6.45) is 14.4. The van der Waals surface area contributed by atoms with E-state index in [9.17, 15) is 4.39 Å². The predicted octanol–water partition coefficient (Wildman–Crippen LogP) is 10.2. The highest BCUT2D eigenvalue weighted by Gasteiger charge is 2.07. The van der Waals surface area contributed by atoms with Crippen molar-refractivity contribution in [3.63, 3.8) is 0 Å². The van der Waals surface area contributed by atoms with Crippen molar-refractivity contribution in [1.29, 1.82) is 0 Å². The number of hydrogen-bond donors (Lipinski definition) is 1. The number of nitrogens with one attached hydrogen (secondary N) is 1. The Morgan fingerprint density at radius 3 is 2.10 bits per heavy atom. The standard InChI is InChI=1S/C27H33FN4.C9H18/c1-4-7-24(31-27-13-12-25(20-30-27)32(16-5-2)17-6-3)18-21-8-10-22(11-9-21)23-14-15-29-26(28)19-23;1-5-7-9(4)8(3)6-2/h7-15,19-20H,4-6,16-18H2,1-3H3,(H,30,31);7-8H,5-6H2,1-4H3/b24-7-;9-7+. The van der Waals surface area contributed by atoms with Gasteiger partial charge in [-0.2, -0.15) is 4.39 Å². The first kappa shape index (κ1) is 33.7. The molecule has 0 fully saturated rings. The summed E-state index contributed by atoms with van der Waals surface area (Å²) < 4.78 is 13.4. The molecule has 3 rings (SSSR count). The normalized spacial score (nSPS) is 12.4. The average Bonchev–Trinajstić information content (AvgIpc) is 2.98. The lowest BCUT2D eigenvalue weighted by Crippen LogP contribution is -2.24. The molecule has 2 aromatic heterocycles. The molecule has 0 radical (unpaired) electrons. The molecule has 2 heterocycles. The Kier molecular flexibility index (Phi) is 15.5. The molecule has 5 heteroatoms. The lowest BCUT2D eigenvalue weighted by atomic mass is 9.99. The fourth-order valence-electron chi connectivity index (χ4n) is 4.60. The highest BCUT2D eigenvalue weighted by atomic mass is 19.1. The summed E-state index contributed by atoms with van der Waals surface area (Å²) in [5, 5.41) is 3.49. The van der Waals surface area contributed by atoms with Gasteiger partial charge in [0.05, 0.1) is 11.9 Å². The minimum Gasteiger partial charge on any atom is -0.370 e. The fraction of sp³-hybridized carbons (Fsp3) is 0.444. The van der Waals surface area contributed by atoms with Crippen LogP contribution < -0.4 is 10.2 Å². The van der Waals surface area contributed by atoms with Crippen LogP contribution in [0.2, 0.25) is 0 Å². The van der Waals surface area contributed by atoms with E-state index in [1.54, 1.807) is 5.57 Å². The number of aromatic nitrogens is 2. The van der Waals surface area contributed by atoms with Gasteiger partial charge >= 0.3 is 0 Å². The second-order valence-corrected chi connectivity index (χ2v) is 10.6. The van der Waals surface area contributed by atoms with Crippen LogP contribution in [0, 0.1) is 11.9 Å². The van der Waals surface area contributed by atoms with Crippen LogP contribution in [0.3, 0.4) is 0 Å². The molecule has 41 heavy (non-hydrogen) atoms. The van der Waals surface area contributed by atoms with Crippen LogP contribution in [-0.4, -0.2) is 23.1 Å². The molecule has 0 saturated carbocycles. The van der Waals surface area contributed by atoms with Crippen molar-refractivity contribution in [2.24, 2.45) is 5.92 Å². The van der Waals surface area contributed by atoms with Crippen LogP contribution in [0.5, 0.6) is 0 Å². The lowest BCUT2D eigenvalue weighted by molar-refractivity contribution is 0.584. The second-order valence-electron chi connectivity index (χ2n) is 10.6. The molecule has 0 aliphatic rings. The molecular formula is C36H51FN4. The van der Waals surface area contributed by atoms with Crippen molar-refractivity contribution in [2.45, 2.75) is 87.0 Å². The Balaban J connectivity index is 0.000000564. The van der Waals surface area contributed by atoms with E-state index in [1.165, 1.54) is 36.4 Å². The Bertz CT molecular complexity index is 1190. The molecule has 4 nitrogen and oxygen atoms in total. The Morgan fingerprint density at radius 1 is 0.878 bits per heavy atom. The quantitative estimate of drug-likeness (QED) is 0.158. The number of rotatable bonds is 14. The molecule has 0 aliphatic heterocycles. The van der Waals surface area contributed by atoms with E-state index < -0.39 is 5.95 Å². The van der Waals surface area contributed by atoms with E-state index in [-0.39, 0.29) is 0 Å². The second kappa shape index (κ2) is 18.8. The van der Waals surface area contributed by atoms with Crippen LogP contribution in [0.1, 0.15) is 86.1 Å². The van der Waals surface area contributed by atoms with Gasteiger partial charge in [-0.1, -0.05) is 83.5 Å². The van der Waals surface area contributed by atoms with E-state index in [4.69, 9.17) is 0 Å². The van der Waals surface area contributed by atoms with Crippen LogP contribution in [0.15, 0.2) is 84.3 Å². The van der Waals surface area contributed by atoms with Crippen molar-refractivity contribution in [3.05, 3.63) is 95.9 Å². The highest BCUT2D eigenvalue weighted by Crippen LogP contribution is 2.22. The molecule has 0 saturated heterocycles. The molecule has 1 N–H and O–H groups in total. The summed E-state index contributed by atoms with van der Waals surface area (Å²) in [6.45, 7) is 17.6. The first-order valence-electron chi connectivity index (χ1n) is 15.4. The van der Waals surface area contributed by atoms with Gasteiger partial charge in [0.2, 0.25) is 5.95 Å². The van der Waals surface area contributed by atoms with E-state index in [2.05, 4.69) is 105 Å². The molecule has 222 valence electrons. The third-order valence-corrected chi connectivity index (χ3v) is 7.16. The van der Waals surface area contributed by atoms with Gasteiger partial charge in [-0.15, -0.1) is 0 Å². The first-order chi connectivity index (χ1) is 19.8. The molecule has 0 amide bonds.